The van der Waals surface area contributed by atoms with Gasteiger partial charge in [0.1, 0.15) is 0 Å². The molecule has 14 nitrogen and oxygen atoms in total. The summed E-state index contributed by atoms with van der Waals surface area (Å²) in [6.07, 6.45) is -4.92. The number of hydrogen-bond acceptors (Lipinski definition) is 9. The molecule has 0 aromatic rings. The molecule has 1 atom stereocenters. The molecule has 0 aromatic heterocycles. The van der Waals surface area contributed by atoms with Crippen LogP contribution in [0.1, 0.15) is 25.7 Å². The fourth-order valence-corrected chi connectivity index (χ4v) is 7.22. The molecule has 0 radical (unpaired) electrons. The van der Waals surface area contributed by atoms with E-state index in [2.05, 4.69) is 2.81 Å². The summed E-state index contributed by atoms with van der Waals surface area (Å²) in [5.41, 5.74) is -5.50. The first kappa shape index (κ1) is 22.7. The van der Waals surface area contributed by atoms with Crippen molar-refractivity contribution in [2.75, 3.05) is 0 Å². The van der Waals surface area contributed by atoms with E-state index in [1.165, 1.54) is 0 Å². The van der Waals surface area contributed by atoms with Crippen LogP contribution >= 0.6 is 0 Å². The van der Waals surface area contributed by atoms with E-state index in [0.29, 0.717) is 0 Å². The van der Waals surface area contributed by atoms with Crippen molar-refractivity contribution >= 4 is 58.9 Å². The molecule has 150 valence electrons. The van der Waals surface area contributed by atoms with Crippen LogP contribution in [0.4, 0.5) is 0 Å². The number of hydrogen-bond donors (Lipinski definition) is 5. The molecular weight excluding hydrogens is 577 g/mol. The van der Waals surface area contributed by atoms with Gasteiger partial charge in [-0.2, -0.15) is 0 Å². The molecule has 27 heavy (non-hydrogen) atoms. The molecule has 5 N–H and O–H groups in total. The quantitative estimate of drug-likeness (QED) is 0.174. The summed E-state index contributed by atoms with van der Waals surface area (Å²) in [5, 5.41) is 45.1. The van der Waals surface area contributed by atoms with Gasteiger partial charge in [0, 0.05) is 0 Å². The zero-order valence-electron chi connectivity index (χ0n) is 13.2. The fraction of sp³-hybridized carbons (Fsp3) is 0.500. The molecular formula is C12H13BiO14. The molecule has 15 heteroatoms. The van der Waals surface area contributed by atoms with Crippen LogP contribution < -0.4 is 0 Å². The number of carboxylic acids is 5. The van der Waals surface area contributed by atoms with Gasteiger partial charge in [-0.05, 0) is 0 Å². The Kier molecular flexibility index (Phi) is 7.17. The van der Waals surface area contributed by atoms with Crippen LogP contribution in [0.3, 0.4) is 0 Å². The summed E-state index contributed by atoms with van der Waals surface area (Å²) in [7, 11) is 0. The van der Waals surface area contributed by atoms with Crippen LogP contribution in [-0.2, 0) is 37.2 Å². The molecule has 1 rings (SSSR count). The Morgan fingerprint density at radius 1 is 1.00 bits per heavy atom. The van der Waals surface area contributed by atoms with Gasteiger partial charge in [-0.3, -0.25) is 0 Å². The fourth-order valence-electron chi connectivity index (χ4n) is 2.06. The van der Waals surface area contributed by atoms with Gasteiger partial charge in [0.05, 0.1) is 0 Å². The summed E-state index contributed by atoms with van der Waals surface area (Å²) in [6, 6.07) is 0. The molecule has 0 bridgehead atoms. The molecule has 0 amide bonds. The van der Waals surface area contributed by atoms with Gasteiger partial charge in [0.2, 0.25) is 0 Å². The summed E-state index contributed by atoms with van der Waals surface area (Å²) in [5.74, 6) is -10.3. The van der Waals surface area contributed by atoms with Crippen LogP contribution in [0.25, 0.3) is 0 Å². The number of carbonyl (C=O) groups is 6. The molecule has 0 aliphatic carbocycles. The first-order valence-electron chi connectivity index (χ1n) is 6.83. The molecule has 1 heterocycles. The standard InChI is InChI=1S/2C6H7O7.Bi/c2*7-3(8)1-6(13,5(11)12)2-4(9)10;/h2*1-2H2,(H,7,8)(H,9,10)(H,11,12);/q2*-1;+3/p-1. The van der Waals surface area contributed by atoms with Crippen LogP contribution in [0.2, 0.25) is 0 Å². The van der Waals surface area contributed by atoms with E-state index in [0.717, 1.165) is 0 Å². The van der Waals surface area contributed by atoms with E-state index in [9.17, 15) is 39.0 Å². The number of aliphatic carboxylic acids is 5. The van der Waals surface area contributed by atoms with Gasteiger partial charge in [-0.25, -0.2) is 0 Å². The maximum absolute atomic E-state index is 11.7. The van der Waals surface area contributed by atoms with E-state index in [4.69, 9.17) is 20.9 Å². The third-order valence-electron chi connectivity index (χ3n) is 3.19. The summed E-state index contributed by atoms with van der Waals surface area (Å²) in [4.78, 5) is 67.5. The van der Waals surface area contributed by atoms with Gasteiger partial charge in [-0.15, -0.1) is 0 Å². The van der Waals surface area contributed by atoms with E-state index in [1.54, 1.807) is 0 Å². The number of carbonyl (C=O) groups excluding carboxylic acids is 1. The van der Waals surface area contributed by atoms with Gasteiger partial charge in [0.25, 0.3) is 0 Å². The van der Waals surface area contributed by atoms with Crippen molar-refractivity contribution in [1.29, 1.82) is 0 Å². The Bertz CT molecular complexity index is 666. The third kappa shape index (κ3) is 5.80. The topological polar surface area (TPSA) is 231 Å². The third-order valence-corrected chi connectivity index (χ3v) is 8.44. The van der Waals surface area contributed by atoms with Gasteiger partial charge < -0.3 is 0 Å². The van der Waals surface area contributed by atoms with E-state index in [1.807, 2.05) is 0 Å². The summed E-state index contributed by atoms with van der Waals surface area (Å²) >= 11 is -4.89. The van der Waals surface area contributed by atoms with Crippen molar-refractivity contribution in [3.63, 3.8) is 0 Å². The van der Waals surface area contributed by atoms with E-state index < -0.39 is 95.8 Å². The molecule has 1 fully saturated rings. The average molecular weight is 590 g/mol. The second-order valence-electron chi connectivity index (χ2n) is 5.36. The predicted octanol–water partition coefficient (Wildman–Crippen LogP) is -1.98. The number of carboxylic acid groups (broad SMARTS) is 5. The molecule has 0 aromatic carbocycles. The van der Waals surface area contributed by atoms with Crippen molar-refractivity contribution in [3.05, 3.63) is 0 Å². The van der Waals surface area contributed by atoms with Crippen molar-refractivity contribution in [3.8, 4) is 0 Å². The van der Waals surface area contributed by atoms with Crippen LogP contribution in [-0.4, -0.2) is 95.6 Å². The Labute approximate surface area is 158 Å². The van der Waals surface area contributed by atoms with Crippen molar-refractivity contribution in [2.45, 2.75) is 36.9 Å². The summed E-state index contributed by atoms with van der Waals surface area (Å²) < 4.78 is 14.6. The molecule has 1 aliphatic heterocycles. The monoisotopic (exact) mass is 590 g/mol. The van der Waals surface area contributed by atoms with Gasteiger partial charge in [-0.1, -0.05) is 0 Å². The molecule has 1 aliphatic rings. The van der Waals surface area contributed by atoms with Crippen LogP contribution in [0.15, 0.2) is 0 Å². The minimum absolute atomic E-state index is 1.01. The molecule has 0 saturated carbocycles. The first-order chi connectivity index (χ1) is 12.3. The van der Waals surface area contributed by atoms with Crippen LogP contribution in [0.5, 0.6) is 0 Å². The first-order valence-corrected chi connectivity index (χ1v) is 11.1. The van der Waals surface area contributed by atoms with Crippen molar-refractivity contribution in [2.24, 2.45) is 0 Å². The summed E-state index contributed by atoms with van der Waals surface area (Å²) in [6.45, 7) is 0. The van der Waals surface area contributed by atoms with E-state index >= 15 is 0 Å². The SMILES string of the molecule is O=C(O)CC(CC(=O)O)([O][Bi]1[O]C(=O)CC(CC(=O)O)(C(=O)O)[O]1)C(=O)O. The van der Waals surface area contributed by atoms with Gasteiger partial charge >= 0.3 is 159 Å². The molecule has 1 unspecified atom stereocenters. The Morgan fingerprint density at radius 2 is 1.52 bits per heavy atom. The second-order valence-corrected chi connectivity index (χ2v) is 9.22. The zero-order valence-corrected chi connectivity index (χ0v) is 16.7. The van der Waals surface area contributed by atoms with Crippen LogP contribution in [0, 0.1) is 0 Å². The van der Waals surface area contributed by atoms with Gasteiger partial charge in [0.15, 0.2) is 0 Å². The Morgan fingerprint density at radius 3 is 1.89 bits per heavy atom. The van der Waals surface area contributed by atoms with Crippen molar-refractivity contribution in [1.82, 2.24) is 0 Å². The predicted molar refractivity (Wildman–Crippen MR) is 76.1 cm³/mol. The number of rotatable bonds is 10. The molecule has 0 spiro atoms. The average Bonchev–Trinajstić information content (AvgIpc) is 2.43. The molecule has 1 saturated heterocycles. The Hall–Kier alpha value is -2.38. The second kappa shape index (κ2) is 8.54. The normalized spacial score (nSPS) is 20.5. The minimum atomic E-state index is -4.89. The zero-order chi connectivity index (χ0) is 21.0. The Balaban J connectivity index is 3.26. The maximum atomic E-state index is 11.7. The van der Waals surface area contributed by atoms with E-state index in [-0.39, 0.29) is 0 Å². The van der Waals surface area contributed by atoms with Crippen molar-refractivity contribution < 1.29 is 62.7 Å².